The quantitative estimate of drug-likeness (QED) is 0.367. The van der Waals surface area contributed by atoms with Crippen molar-refractivity contribution in [2.45, 2.75) is 6.92 Å². The number of hydrazone groups is 1. The van der Waals surface area contributed by atoms with Crippen molar-refractivity contribution in [3.8, 4) is 5.75 Å². The Morgan fingerprint density at radius 3 is 2.62 bits per heavy atom. The summed E-state index contributed by atoms with van der Waals surface area (Å²) in [5.74, 6) is -1.57. The van der Waals surface area contributed by atoms with Crippen molar-refractivity contribution in [2.75, 3.05) is 12.4 Å². The molecule has 2 aromatic rings. The number of nitro benzene ring substituents is 1. The van der Waals surface area contributed by atoms with Crippen LogP contribution >= 0.6 is 0 Å². The van der Waals surface area contributed by atoms with E-state index in [2.05, 4.69) is 10.4 Å². The molecule has 0 heterocycles. The van der Waals surface area contributed by atoms with Crippen LogP contribution in [0, 0.1) is 17.0 Å². The average molecular weight is 356 g/mol. The van der Waals surface area contributed by atoms with Crippen molar-refractivity contribution in [1.29, 1.82) is 0 Å². The molecule has 2 amide bonds. The number of nitrogens with one attached hydrogen (secondary N) is 2. The number of carbonyl (C=O) groups is 2. The first kappa shape index (κ1) is 18.6. The number of carbonyl (C=O) groups excluding carboxylic acids is 2. The van der Waals surface area contributed by atoms with Gasteiger partial charge >= 0.3 is 11.8 Å². The fourth-order valence-electron chi connectivity index (χ4n) is 2.07. The molecule has 0 saturated heterocycles. The Labute approximate surface area is 148 Å². The highest BCUT2D eigenvalue weighted by molar-refractivity contribution is 6.39. The van der Waals surface area contributed by atoms with Crippen molar-refractivity contribution < 1.29 is 19.2 Å². The molecule has 0 aliphatic rings. The fourth-order valence-corrected chi connectivity index (χ4v) is 2.07. The third kappa shape index (κ3) is 4.63. The number of nitro groups is 1. The predicted molar refractivity (Wildman–Crippen MR) is 95.2 cm³/mol. The monoisotopic (exact) mass is 356 g/mol. The molecule has 0 unspecified atom stereocenters. The van der Waals surface area contributed by atoms with E-state index in [4.69, 9.17) is 4.74 Å². The number of aryl methyl sites for hydroxylation is 1. The van der Waals surface area contributed by atoms with Gasteiger partial charge in [0.25, 0.3) is 5.69 Å². The summed E-state index contributed by atoms with van der Waals surface area (Å²) >= 11 is 0. The Morgan fingerprint density at radius 2 is 1.92 bits per heavy atom. The molecule has 2 aromatic carbocycles. The van der Waals surface area contributed by atoms with Gasteiger partial charge in [0.05, 0.1) is 29.5 Å². The average Bonchev–Trinajstić information content (AvgIpc) is 2.62. The molecule has 0 atom stereocenters. The van der Waals surface area contributed by atoms with Crippen LogP contribution in [0.1, 0.15) is 11.1 Å². The van der Waals surface area contributed by atoms with Crippen molar-refractivity contribution in [2.24, 2.45) is 5.10 Å². The highest BCUT2D eigenvalue weighted by Crippen LogP contribution is 2.25. The smallest absolute Gasteiger partial charge is 0.329 e. The summed E-state index contributed by atoms with van der Waals surface area (Å²) in [6.07, 6.45) is 1.09. The Bertz CT molecular complexity index is 879. The molecule has 0 fully saturated rings. The lowest BCUT2D eigenvalue weighted by atomic mass is 10.2. The molecule has 0 radical (unpaired) electrons. The van der Waals surface area contributed by atoms with E-state index >= 15 is 0 Å². The van der Waals surface area contributed by atoms with Crippen LogP contribution in [0.25, 0.3) is 0 Å². The molecule has 9 nitrogen and oxygen atoms in total. The number of amides is 2. The number of hydrogen-bond donors (Lipinski definition) is 2. The molecule has 0 aliphatic heterocycles. The van der Waals surface area contributed by atoms with Crippen molar-refractivity contribution in [3.63, 3.8) is 0 Å². The summed E-state index contributed by atoms with van der Waals surface area (Å²) in [5.41, 5.74) is 3.26. The highest BCUT2D eigenvalue weighted by atomic mass is 16.6. The molecule has 26 heavy (non-hydrogen) atoms. The van der Waals surface area contributed by atoms with E-state index < -0.39 is 16.7 Å². The van der Waals surface area contributed by atoms with Crippen molar-refractivity contribution in [3.05, 3.63) is 63.7 Å². The summed E-state index contributed by atoms with van der Waals surface area (Å²) in [6.45, 7) is 1.83. The Morgan fingerprint density at radius 1 is 1.19 bits per heavy atom. The number of hydrogen-bond acceptors (Lipinski definition) is 6. The van der Waals surface area contributed by atoms with E-state index in [1.54, 1.807) is 24.3 Å². The van der Waals surface area contributed by atoms with Crippen LogP contribution in [0.4, 0.5) is 11.4 Å². The minimum absolute atomic E-state index is 0.167. The maximum absolute atomic E-state index is 11.9. The van der Waals surface area contributed by atoms with Crippen LogP contribution in [0.15, 0.2) is 47.6 Å². The molecule has 0 bridgehead atoms. The molecule has 2 N–H and O–H groups in total. The van der Waals surface area contributed by atoms with Gasteiger partial charge in [-0.15, -0.1) is 0 Å². The van der Waals surface area contributed by atoms with E-state index in [0.29, 0.717) is 11.4 Å². The fraction of sp³-hybridized carbons (Fsp3) is 0.118. The van der Waals surface area contributed by atoms with Crippen molar-refractivity contribution >= 4 is 29.4 Å². The van der Waals surface area contributed by atoms with Crippen LogP contribution < -0.4 is 15.5 Å². The summed E-state index contributed by atoms with van der Waals surface area (Å²) in [6, 6.07) is 11.0. The first-order valence-electron chi connectivity index (χ1n) is 7.45. The SMILES string of the molecule is COc1ccc(C)cc1NC(=O)C(=O)N/N=C\c1ccccc1[N+](=O)[O-]. The van der Waals surface area contributed by atoms with Gasteiger partial charge in [-0.1, -0.05) is 18.2 Å². The zero-order valence-electron chi connectivity index (χ0n) is 14.1. The predicted octanol–water partition coefficient (Wildman–Crippen LogP) is 2.00. The molecule has 0 spiro atoms. The van der Waals surface area contributed by atoms with Gasteiger partial charge in [0.1, 0.15) is 5.75 Å². The second-order valence-electron chi connectivity index (χ2n) is 5.17. The lowest BCUT2D eigenvalue weighted by Crippen LogP contribution is -2.32. The van der Waals surface area contributed by atoms with Gasteiger partial charge in [-0.05, 0) is 30.7 Å². The van der Waals surface area contributed by atoms with Gasteiger partial charge in [0.15, 0.2) is 0 Å². The summed E-state index contributed by atoms with van der Waals surface area (Å²) in [5, 5.41) is 16.9. The van der Waals surface area contributed by atoms with Gasteiger partial charge < -0.3 is 10.1 Å². The molecule has 0 aliphatic carbocycles. The molecule has 2 rings (SSSR count). The van der Waals surface area contributed by atoms with Crippen LogP contribution in [-0.2, 0) is 9.59 Å². The molecule has 134 valence electrons. The van der Waals surface area contributed by atoms with Crippen LogP contribution in [0.5, 0.6) is 5.75 Å². The number of ether oxygens (including phenoxy) is 1. The maximum Gasteiger partial charge on any atom is 0.329 e. The lowest BCUT2D eigenvalue weighted by Gasteiger charge is -2.10. The van der Waals surface area contributed by atoms with E-state index in [1.165, 1.54) is 25.3 Å². The molecular weight excluding hydrogens is 340 g/mol. The van der Waals surface area contributed by atoms with E-state index in [-0.39, 0.29) is 11.3 Å². The third-order valence-electron chi connectivity index (χ3n) is 3.31. The Kier molecular flexibility index (Phi) is 5.99. The Hall–Kier alpha value is -3.75. The first-order valence-corrected chi connectivity index (χ1v) is 7.45. The number of anilines is 1. The zero-order valence-corrected chi connectivity index (χ0v) is 14.1. The molecular formula is C17H16N4O5. The molecule has 0 saturated carbocycles. The summed E-state index contributed by atoms with van der Waals surface area (Å²) in [4.78, 5) is 34.1. The number of benzene rings is 2. The van der Waals surface area contributed by atoms with Crippen LogP contribution in [-0.4, -0.2) is 30.1 Å². The second-order valence-corrected chi connectivity index (χ2v) is 5.17. The van der Waals surface area contributed by atoms with E-state index in [9.17, 15) is 19.7 Å². The summed E-state index contributed by atoms with van der Waals surface area (Å²) in [7, 11) is 1.44. The van der Waals surface area contributed by atoms with Gasteiger partial charge in [0, 0.05) is 6.07 Å². The number of methoxy groups -OCH3 is 1. The summed E-state index contributed by atoms with van der Waals surface area (Å²) < 4.78 is 5.12. The molecule has 0 aromatic heterocycles. The number of nitrogens with zero attached hydrogens (tertiary/aromatic N) is 2. The van der Waals surface area contributed by atoms with Gasteiger partial charge in [-0.3, -0.25) is 19.7 Å². The largest absolute Gasteiger partial charge is 0.495 e. The maximum atomic E-state index is 11.9. The minimum atomic E-state index is -1.02. The normalized spacial score (nSPS) is 10.4. The lowest BCUT2D eigenvalue weighted by molar-refractivity contribution is -0.385. The standard InChI is InChI=1S/C17H16N4O5/c1-11-7-8-15(26-2)13(9-11)19-16(22)17(23)20-18-10-12-5-3-4-6-14(12)21(24)25/h3-10H,1-2H3,(H,19,22)(H,20,23)/b18-10-. The highest BCUT2D eigenvalue weighted by Gasteiger charge is 2.16. The van der Waals surface area contributed by atoms with Gasteiger partial charge in [-0.25, -0.2) is 5.43 Å². The molecule has 9 heteroatoms. The van der Waals surface area contributed by atoms with Crippen LogP contribution in [0.3, 0.4) is 0 Å². The van der Waals surface area contributed by atoms with Crippen LogP contribution in [0.2, 0.25) is 0 Å². The van der Waals surface area contributed by atoms with Gasteiger partial charge in [0.2, 0.25) is 0 Å². The number of rotatable bonds is 5. The first-order chi connectivity index (χ1) is 12.4. The van der Waals surface area contributed by atoms with E-state index in [1.807, 2.05) is 12.3 Å². The topological polar surface area (TPSA) is 123 Å². The third-order valence-corrected chi connectivity index (χ3v) is 3.31. The number of para-hydroxylation sites is 1. The zero-order chi connectivity index (χ0) is 19.1. The Balaban J connectivity index is 2.03. The minimum Gasteiger partial charge on any atom is -0.495 e. The van der Waals surface area contributed by atoms with Gasteiger partial charge in [-0.2, -0.15) is 5.10 Å². The second kappa shape index (κ2) is 8.38. The van der Waals surface area contributed by atoms with Crippen molar-refractivity contribution in [1.82, 2.24) is 5.43 Å². The van der Waals surface area contributed by atoms with E-state index in [0.717, 1.165) is 11.8 Å².